The Bertz CT molecular complexity index is 906. The zero-order valence-corrected chi connectivity index (χ0v) is 17.6. The summed E-state index contributed by atoms with van der Waals surface area (Å²) in [6.07, 6.45) is 1.91. The van der Waals surface area contributed by atoms with Gasteiger partial charge >= 0.3 is 17.9 Å². The van der Waals surface area contributed by atoms with Crippen LogP contribution in [0.3, 0.4) is 0 Å². The Morgan fingerprint density at radius 1 is 0.562 bits per heavy atom. The van der Waals surface area contributed by atoms with E-state index in [2.05, 4.69) is 14.7 Å². The van der Waals surface area contributed by atoms with Crippen molar-refractivity contribution >= 4 is 17.9 Å². The number of hydrogen-bond acceptors (Lipinski definition) is 7. The highest BCUT2D eigenvalue weighted by atomic mass is 17.2. The first kappa shape index (κ1) is 24.3. The minimum atomic E-state index is -0.708. The third-order valence-electron chi connectivity index (χ3n) is 3.94. The van der Waals surface area contributed by atoms with E-state index < -0.39 is 17.9 Å². The molecule has 0 aliphatic heterocycles. The lowest BCUT2D eigenvalue weighted by atomic mass is 10.2. The molecule has 3 rings (SSSR count). The molecule has 0 N–H and O–H groups in total. The van der Waals surface area contributed by atoms with Crippen molar-refractivity contribution in [2.75, 3.05) is 6.61 Å². The van der Waals surface area contributed by atoms with Crippen molar-refractivity contribution < 1.29 is 33.9 Å². The lowest BCUT2D eigenvalue weighted by molar-refractivity contribution is -0.241. The Labute approximate surface area is 186 Å². The molecule has 0 radical (unpaired) electrons. The summed E-state index contributed by atoms with van der Waals surface area (Å²) >= 11 is 0. The molecule has 166 valence electrons. The van der Waals surface area contributed by atoms with E-state index in [-0.39, 0.29) is 0 Å². The minimum Gasteiger partial charge on any atom is -0.293 e. The lowest BCUT2D eigenvalue weighted by Crippen LogP contribution is -2.11. The molecule has 7 heteroatoms. The number of benzene rings is 3. The van der Waals surface area contributed by atoms with Crippen LogP contribution in [0.1, 0.15) is 50.8 Å². The van der Waals surface area contributed by atoms with Gasteiger partial charge in [0.15, 0.2) is 0 Å². The van der Waals surface area contributed by atoms with Crippen LogP contribution in [-0.4, -0.2) is 24.5 Å². The Kier molecular flexibility index (Phi) is 10.7. The average Bonchev–Trinajstić information content (AvgIpc) is 2.87. The average molecular weight is 436 g/mol. The van der Waals surface area contributed by atoms with Gasteiger partial charge < -0.3 is 0 Å². The predicted octanol–water partition coefficient (Wildman–Crippen LogP) is 5.19. The molecule has 0 unspecified atom stereocenters. The zero-order chi connectivity index (χ0) is 23.0. The molecule has 0 bridgehead atoms. The molecule has 0 aliphatic rings. The number of unbranched alkanes of at least 4 members (excludes halogenated alkanes) is 1. The molecule has 0 saturated heterocycles. The molecule has 3 aromatic carbocycles. The molecule has 0 spiro atoms. The van der Waals surface area contributed by atoms with Gasteiger partial charge in [0.05, 0.1) is 23.3 Å². The number of rotatable bonds is 7. The van der Waals surface area contributed by atoms with Crippen LogP contribution in [0.4, 0.5) is 0 Å². The summed E-state index contributed by atoms with van der Waals surface area (Å²) in [4.78, 5) is 52.5. The Balaban J connectivity index is 0.000000235. The smallest absolute Gasteiger partial charge is 0.293 e. The van der Waals surface area contributed by atoms with Crippen LogP contribution in [0.2, 0.25) is 0 Å². The fraction of sp³-hybridized carbons (Fsp3) is 0.160. The summed E-state index contributed by atoms with van der Waals surface area (Å²) in [7, 11) is 0. The van der Waals surface area contributed by atoms with E-state index in [0.29, 0.717) is 23.3 Å². The SMILES string of the molecule is CCCCOOC(=O)c1ccccc1.O=C(OOC(=O)c1ccccc1)c1ccccc1. The highest BCUT2D eigenvalue weighted by Crippen LogP contribution is 2.05. The summed E-state index contributed by atoms with van der Waals surface area (Å²) in [6, 6.07) is 25.3. The first-order valence-electron chi connectivity index (χ1n) is 10.0. The van der Waals surface area contributed by atoms with E-state index in [1.54, 1.807) is 84.9 Å². The van der Waals surface area contributed by atoms with Gasteiger partial charge in [-0.25, -0.2) is 24.2 Å². The first-order valence-corrected chi connectivity index (χ1v) is 10.0. The van der Waals surface area contributed by atoms with Crippen molar-refractivity contribution in [3.05, 3.63) is 108 Å². The van der Waals surface area contributed by atoms with Crippen molar-refractivity contribution in [2.45, 2.75) is 19.8 Å². The van der Waals surface area contributed by atoms with Gasteiger partial charge in [0, 0.05) is 0 Å². The number of carbonyl (C=O) groups excluding carboxylic acids is 3. The molecule has 0 atom stereocenters. The molecule has 0 aliphatic carbocycles. The van der Waals surface area contributed by atoms with Crippen LogP contribution in [0.25, 0.3) is 0 Å². The van der Waals surface area contributed by atoms with Crippen molar-refractivity contribution in [1.82, 2.24) is 0 Å². The third kappa shape index (κ3) is 8.81. The standard InChI is InChI=1S/C14H10O4.C11H14O3/c15-13(11-7-3-1-4-8-11)17-18-14(16)12-9-5-2-6-10-12;1-2-3-9-13-14-11(12)10-7-5-4-6-8-10/h1-10H;4-8H,2-3,9H2,1H3. The van der Waals surface area contributed by atoms with E-state index in [1.165, 1.54) is 0 Å². The zero-order valence-electron chi connectivity index (χ0n) is 17.6. The summed E-state index contributed by atoms with van der Waals surface area (Å²) in [6.45, 7) is 2.50. The molecule has 0 aromatic heterocycles. The summed E-state index contributed by atoms with van der Waals surface area (Å²) in [5, 5.41) is 0. The maximum atomic E-state index is 11.5. The van der Waals surface area contributed by atoms with Crippen LogP contribution in [-0.2, 0) is 19.6 Å². The second kappa shape index (κ2) is 14.1. The van der Waals surface area contributed by atoms with E-state index in [1.807, 2.05) is 13.0 Å². The van der Waals surface area contributed by atoms with Gasteiger partial charge in [0.2, 0.25) is 0 Å². The normalized spacial score (nSPS) is 9.66. The topological polar surface area (TPSA) is 88.1 Å². The molecule has 3 aromatic rings. The van der Waals surface area contributed by atoms with Crippen LogP contribution in [0, 0.1) is 0 Å². The fourth-order valence-corrected chi connectivity index (χ4v) is 2.24. The van der Waals surface area contributed by atoms with Crippen molar-refractivity contribution in [3.8, 4) is 0 Å². The van der Waals surface area contributed by atoms with Crippen LogP contribution in [0.5, 0.6) is 0 Å². The number of hydrogen-bond donors (Lipinski definition) is 0. The van der Waals surface area contributed by atoms with Gasteiger partial charge in [-0.1, -0.05) is 67.9 Å². The van der Waals surface area contributed by atoms with E-state index in [0.717, 1.165) is 12.8 Å². The highest BCUT2D eigenvalue weighted by molar-refractivity contribution is 5.92. The maximum absolute atomic E-state index is 11.5. The molecule has 0 amide bonds. The van der Waals surface area contributed by atoms with E-state index >= 15 is 0 Å². The maximum Gasteiger partial charge on any atom is 0.386 e. The third-order valence-corrected chi connectivity index (χ3v) is 3.94. The van der Waals surface area contributed by atoms with Gasteiger partial charge in [-0.2, -0.15) is 4.89 Å². The first-order chi connectivity index (χ1) is 15.6. The molecular weight excluding hydrogens is 412 g/mol. The number of carbonyl (C=O) groups is 3. The monoisotopic (exact) mass is 436 g/mol. The second-order valence-electron chi connectivity index (χ2n) is 6.39. The second-order valence-corrected chi connectivity index (χ2v) is 6.39. The summed E-state index contributed by atoms with van der Waals surface area (Å²) in [5.74, 6) is -1.86. The lowest BCUT2D eigenvalue weighted by Gasteiger charge is -2.02. The highest BCUT2D eigenvalue weighted by Gasteiger charge is 2.13. The molecular formula is C25H24O7. The van der Waals surface area contributed by atoms with Crippen LogP contribution >= 0.6 is 0 Å². The van der Waals surface area contributed by atoms with Gasteiger partial charge in [-0.15, -0.1) is 0 Å². The van der Waals surface area contributed by atoms with E-state index in [9.17, 15) is 14.4 Å². The molecule has 0 saturated carbocycles. The summed E-state index contributed by atoms with van der Waals surface area (Å²) < 4.78 is 0. The Hall–Kier alpha value is -3.97. The van der Waals surface area contributed by atoms with Gasteiger partial charge in [-0.3, -0.25) is 4.89 Å². The van der Waals surface area contributed by atoms with Crippen LogP contribution in [0.15, 0.2) is 91.0 Å². The quantitative estimate of drug-likeness (QED) is 0.286. The fourth-order valence-electron chi connectivity index (χ4n) is 2.24. The predicted molar refractivity (Wildman–Crippen MR) is 116 cm³/mol. The minimum absolute atomic E-state index is 0.318. The van der Waals surface area contributed by atoms with Gasteiger partial charge in [0.1, 0.15) is 0 Å². The molecule has 0 heterocycles. The van der Waals surface area contributed by atoms with Crippen molar-refractivity contribution in [2.24, 2.45) is 0 Å². The Morgan fingerprint density at radius 2 is 0.906 bits per heavy atom. The van der Waals surface area contributed by atoms with Crippen molar-refractivity contribution in [1.29, 1.82) is 0 Å². The molecule has 7 nitrogen and oxygen atoms in total. The molecule has 32 heavy (non-hydrogen) atoms. The van der Waals surface area contributed by atoms with Gasteiger partial charge in [0.25, 0.3) is 0 Å². The largest absolute Gasteiger partial charge is 0.386 e. The summed E-state index contributed by atoms with van der Waals surface area (Å²) in [5.41, 5.74) is 1.14. The van der Waals surface area contributed by atoms with Crippen molar-refractivity contribution in [3.63, 3.8) is 0 Å². The van der Waals surface area contributed by atoms with E-state index in [4.69, 9.17) is 4.89 Å². The van der Waals surface area contributed by atoms with Crippen LogP contribution < -0.4 is 0 Å². The Morgan fingerprint density at radius 3 is 1.25 bits per heavy atom. The molecule has 0 fully saturated rings. The van der Waals surface area contributed by atoms with Gasteiger partial charge in [-0.05, 0) is 42.8 Å².